The third kappa shape index (κ3) is 4.84. The Morgan fingerprint density at radius 2 is 2.00 bits per heavy atom. The first-order valence-electron chi connectivity index (χ1n) is 5.67. The number of hydrogen-bond acceptors (Lipinski definition) is 5. The lowest BCUT2D eigenvalue weighted by Crippen LogP contribution is -2.25. The van der Waals surface area contributed by atoms with Gasteiger partial charge in [0, 0.05) is 5.92 Å². The Labute approximate surface area is 113 Å². The standard InChI is InChI=1S/C13H17NO4S/c1-4-12(15)10(2)13(14-18-19(3,16)17)11-8-6-5-7-9-11/h4-10,12,15H,1H2,2-3H3. The number of hydrogen-bond donors (Lipinski definition) is 1. The van der Waals surface area contributed by atoms with Crippen molar-refractivity contribution < 1.29 is 17.8 Å². The van der Waals surface area contributed by atoms with Crippen molar-refractivity contribution in [3.8, 4) is 0 Å². The van der Waals surface area contributed by atoms with Crippen LogP contribution in [-0.2, 0) is 14.4 Å². The van der Waals surface area contributed by atoms with Crippen molar-refractivity contribution in [2.45, 2.75) is 13.0 Å². The summed E-state index contributed by atoms with van der Waals surface area (Å²) in [6, 6.07) is 8.93. The lowest BCUT2D eigenvalue weighted by molar-refractivity contribution is 0.191. The number of aliphatic hydroxyl groups is 1. The first kappa shape index (κ1) is 15.4. The molecule has 2 unspecified atom stereocenters. The highest BCUT2D eigenvalue weighted by molar-refractivity contribution is 7.85. The van der Waals surface area contributed by atoms with E-state index in [1.54, 1.807) is 31.2 Å². The quantitative estimate of drug-likeness (QED) is 0.488. The van der Waals surface area contributed by atoms with E-state index in [-0.39, 0.29) is 0 Å². The normalized spacial score (nSPS) is 15.6. The summed E-state index contributed by atoms with van der Waals surface area (Å²) in [5.41, 5.74) is 1.03. The molecule has 0 aliphatic rings. The SMILES string of the molecule is C=CC(O)C(C)C(=NOS(C)(=O)=O)c1ccccc1. The Balaban J connectivity index is 3.15. The predicted octanol–water partition coefficient (Wildman–Crippen LogP) is 1.55. The molecule has 6 heteroatoms. The first-order chi connectivity index (χ1) is 8.85. The van der Waals surface area contributed by atoms with Gasteiger partial charge in [0.25, 0.3) is 0 Å². The first-order valence-corrected chi connectivity index (χ1v) is 7.49. The fourth-order valence-corrected chi connectivity index (χ4v) is 1.70. The van der Waals surface area contributed by atoms with Crippen LogP contribution in [0.4, 0.5) is 0 Å². The van der Waals surface area contributed by atoms with Crippen molar-refractivity contribution >= 4 is 15.8 Å². The average Bonchev–Trinajstić information content (AvgIpc) is 2.37. The van der Waals surface area contributed by atoms with Crippen LogP contribution in [0.15, 0.2) is 48.1 Å². The van der Waals surface area contributed by atoms with Gasteiger partial charge in [0.2, 0.25) is 0 Å². The molecule has 1 rings (SSSR count). The summed E-state index contributed by atoms with van der Waals surface area (Å²) >= 11 is 0. The Morgan fingerprint density at radius 1 is 1.42 bits per heavy atom. The molecule has 0 saturated carbocycles. The molecule has 1 aromatic carbocycles. The molecule has 104 valence electrons. The molecule has 1 aromatic rings. The third-order valence-corrected chi connectivity index (χ3v) is 2.87. The summed E-state index contributed by atoms with van der Waals surface area (Å²) in [4.78, 5) is 0. The van der Waals surface area contributed by atoms with Gasteiger partial charge in [-0.3, -0.25) is 4.28 Å². The number of rotatable bonds is 6. The number of oxime groups is 1. The van der Waals surface area contributed by atoms with Crippen LogP contribution in [0.25, 0.3) is 0 Å². The monoisotopic (exact) mass is 283 g/mol. The van der Waals surface area contributed by atoms with Gasteiger partial charge in [-0.2, -0.15) is 8.42 Å². The molecule has 0 radical (unpaired) electrons. The highest BCUT2D eigenvalue weighted by Gasteiger charge is 2.20. The van der Waals surface area contributed by atoms with E-state index in [1.165, 1.54) is 6.08 Å². The Kier molecular flexibility index (Phi) is 5.26. The third-order valence-electron chi connectivity index (χ3n) is 2.53. The minimum atomic E-state index is -3.69. The second-order valence-corrected chi connectivity index (χ2v) is 5.69. The molecular weight excluding hydrogens is 266 g/mol. The van der Waals surface area contributed by atoms with Crippen molar-refractivity contribution in [2.24, 2.45) is 11.1 Å². The molecule has 0 aliphatic carbocycles. The van der Waals surface area contributed by atoms with Crippen LogP contribution in [0.2, 0.25) is 0 Å². The topological polar surface area (TPSA) is 76.0 Å². The van der Waals surface area contributed by atoms with E-state index >= 15 is 0 Å². The molecule has 0 bridgehead atoms. The number of benzene rings is 1. The van der Waals surface area contributed by atoms with Gasteiger partial charge in [0.1, 0.15) is 0 Å². The zero-order valence-electron chi connectivity index (χ0n) is 10.9. The Hall–Kier alpha value is -1.66. The van der Waals surface area contributed by atoms with Gasteiger partial charge >= 0.3 is 10.1 Å². The number of nitrogens with zero attached hydrogens (tertiary/aromatic N) is 1. The lowest BCUT2D eigenvalue weighted by Gasteiger charge is -2.17. The van der Waals surface area contributed by atoms with Gasteiger partial charge in [0.05, 0.1) is 18.1 Å². The Bertz CT molecular complexity index is 551. The maximum absolute atomic E-state index is 11.0. The zero-order valence-corrected chi connectivity index (χ0v) is 11.7. The maximum atomic E-state index is 11.0. The van der Waals surface area contributed by atoms with E-state index in [0.29, 0.717) is 11.3 Å². The van der Waals surface area contributed by atoms with Crippen molar-refractivity contribution in [3.05, 3.63) is 48.6 Å². The highest BCUT2D eigenvalue weighted by Crippen LogP contribution is 2.15. The predicted molar refractivity (Wildman–Crippen MR) is 74.3 cm³/mol. The fraction of sp³-hybridized carbons (Fsp3) is 0.308. The molecule has 0 heterocycles. The largest absolute Gasteiger partial charge is 0.388 e. The zero-order chi connectivity index (χ0) is 14.5. The maximum Gasteiger partial charge on any atom is 0.325 e. The summed E-state index contributed by atoms with van der Waals surface area (Å²) in [6.07, 6.45) is 1.43. The van der Waals surface area contributed by atoms with E-state index in [9.17, 15) is 13.5 Å². The van der Waals surface area contributed by atoms with Crippen LogP contribution in [0.1, 0.15) is 12.5 Å². The van der Waals surface area contributed by atoms with E-state index in [4.69, 9.17) is 0 Å². The van der Waals surface area contributed by atoms with Crippen molar-refractivity contribution in [1.82, 2.24) is 0 Å². The van der Waals surface area contributed by atoms with Crippen LogP contribution in [0.3, 0.4) is 0 Å². The van der Waals surface area contributed by atoms with Crippen LogP contribution in [-0.4, -0.2) is 31.6 Å². The van der Waals surface area contributed by atoms with Gasteiger partial charge in [0.15, 0.2) is 0 Å². The molecule has 0 amide bonds. The molecule has 2 atom stereocenters. The Morgan fingerprint density at radius 3 is 2.47 bits per heavy atom. The van der Waals surface area contributed by atoms with Gasteiger partial charge in [-0.1, -0.05) is 48.5 Å². The van der Waals surface area contributed by atoms with E-state index in [0.717, 1.165) is 6.26 Å². The molecule has 0 fully saturated rings. The molecule has 0 aromatic heterocycles. The molecule has 0 spiro atoms. The minimum Gasteiger partial charge on any atom is -0.388 e. The smallest absolute Gasteiger partial charge is 0.325 e. The molecule has 0 saturated heterocycles. The van der Waals surface area contributed by atoms with Gasteiger partial charge in [-0.15, -0.1) is 6.58 Å². The molecule has 5 nitrogen and oxygen atoms in total. The summed E-state index contributed by atoms with van der Waals surface area (Å²) in [7, 11) is -3.69. The summed E-state index contributed by atoms with van der Waals surface area (Å²) in [5.74, 6) is -0.443. The van der Waals surface area contributed by atoms with Crippen LogP contribution >= 0.6 is 0 Å². The second kappa shape index (κ2) is 6.49. The van der Waals surface area contributed by atoms with Crippen LogP contribution in [0, 0.1) is 5.92 Å². The number of aliphatic hydroxyl groups excluding tert-OH is 1. The van der Waals surface area contributed by atoms with Gasteiger partial charge < -0.3 is 5.11 Å². The molecule has 0 aliphatic heterocycles. The molecule has 1 N–H and O–H groups in total. The molecular formula is C13H17NO4S. The van der Waals surface area contributed by atoms with Gasteiger partial charge in [-0.25, -0.2) is 0 Å². The lowest BCUT2D eigenvalue weighted by atomic mass is 9.93. The van der Waals surface area contributed by atoms with Crippen molar-refractivity contribution in [1.29, 1.82) is 0 Å². The minimum absolute atomic E-state index is 0.346. The van der Waals surface area contributed by atoms with E-state index in [2.05, 4.69) is 16.0 Å². The highest BCUT2D eigenvalue weighted by atomic mass is 32.2. The van der Waals surface area contributed by atoms with Crippen LogP contribution in [0.5, 0.6) is 0 Å². The summed E-state index contributed by atoms with van der Waals surface area (Å²) < 4.78 is 26.5. The van der Waals surface area contributed by atoms with E-state index in [1.807, 2.05) is 6.07 Å². The summed E-state index contributed by atoms with van der Waals surface area (Å²) in [6.45, 7) is 5.21. The van der Waals surface area contributed by atoms with Gasteiger partial charge in [-0.05, 0) is 5.56 Å². The average molecular weight is 283 g/mol. The molecule has 19 heavy (non-hydrogen) atoms. The van der Waals surface area contributed by atoms with Crippen molar-refractivity contribution in [2.75, 3.05) is 6.26 Å². The van der Waals surface area contributed by atoms with E-state index < -0.39 is 22.1 Å². The fourth-order valence-electron chi connectivity index (χ4n) is 1.48. The summed E-state index contributed by atoms with van der Waals surface area (Å²) in [5, 5.41) is 13.4. The van der Waals surface area contributed by atoms with Crippen molar-refractivity contribution in [3.63, 3.8) is 0 Å². The van der Waals surface area contributed by atoms with Crippen LogP contribution < -0.4 is 0 Å². The second-order valence-electron chi connectivity index (χ2n) is 4.14.